The molecule has 0 amide bonds. The highest BCUT2D eigenvalue weighted by molar-refractivity contribution is 6.31. The van der Waals surface area contributed by atoms with Crippen molar-refractivity contribution in [1.29, 1.82) is 0 Å². The summed E-state index contributed by atoms with van der Waals surface area (Å²) in [5.74, 6) is 0.512. The Morgan fingerprint density at radius 3 is 2.85 bits per heavy atom. The van der Waals surface area contributed by atoms with E-state index in [1.807, 2.05) is 0 Å². The number of nitrogens with zero attached hydrogens (tertiary/aromatic N) is 2. The van der Waals surface area contributed by atoms with Gasteiger partial charge in [0.2, 0.25) is 0 Å². The first kappa shape index (κ1) is 13.5. The van der Waals surface area contributed by atoms with Crippen LogP contribution >= 0.6 is 11.6 Å². The van der Waals surface area contributed by atoms with Crippen LogP contribution in [0.1, 0.15) is 5.82 Å². The number of imidazole rings is 1. The average molecular weight is 295 g/mol. The highest BCUT2D eigenvalue weighted by atomic mass is 35.5. The molecule has 1 aromatic carbocycles. The van der Waals surface area contributed by atoms with Crippen LogP contribution in [0, 0.1) is 5.82 Å². The number of piperazine rings is 1. The third-order valence-corrected chi connectivity index (χ3v) is 3.73. The molecule has 0 bridgehead atoms. The Morgan fingerprint density at radius 2 is 2.10 bits per heavy atom. The van der Waals surface area contributed by atoms with E-state index in [-0.39, 0.29) is 5.02 Å². The van der Waals surface area contributed by atoms with E-state index in [4.69, 9.17) is 11.6 Å². The molecule has 0 spiro atoms. The minimum Gasteiger partial charge on any atom is -0.341 e. The van der Waals surface area contributed by atoms with Gasteiger partial charge in [0, 0.05) is 31.7 Å². The molecule has 2 aromatic rings. The highest BCUT2D eigenvalue weighted by Crippen LogP contribution is 2.23. The van der Waals surface area contributed by atoms with Gasteiger partial charge in [0.1, 0.15) is 11.6 Å². The summed E-state index contributed by atoms with van der Waals surface area (Å²) in [5.41, 5.74) is 1.70. The number of aromatic nitrogens is 2. The van der Waals surface area contributed by atoms with Crippen LogP contribution in [0.15, 0.2) is 24.4 Å². The number of hydrogen-bond acceptors (Lipinski definition) is 3. The van der Waals surface area contributed by atoms with Crippen LogP contribution in [-0.2, 0) is 6.54 Å². The molecule has 1 fully saturated rings. The van der Waals surface area contributed by atoms with Crippen LogP contribution in [0.4, 0.5) is 4.39 Å². The zero-order valence-corrected chi connectivity index (χ0v) is 11.8. The van der Waals surface area contributed by atoms with Crippen LogP contribution in [0.2, 0.25) is 5.02 Å². The lowest BCUT2D eigenvalue weighted by atomic mass is 10.2. The summed E-state index contributed by atoms with van der Waals surface area (Å²) < 4.78 is 13.2. The van der Waals surface area contributed by atoms with E-state index in [9.17, 15) is 4.39 Å². The number of H-pyrrole nitrogens is 1. The molecule has 1 saturated heterocycles. The molecule has 106 valence electrons. The summed E-state index contributed by atoms with van der Waals surface area (Å²) in [4.78, 5) is 10.00. The summed E-state index contributed by atoms with van der Waals surface area (Å²) in [7, 11) is 0. The maximum absolute atomic E-state index is 13.2. The molecular formula is C14H16ClFN4. The zero-order chi connectivity index (χ0) is 13.9. The van der Waals surface area contributed by atoms with Gasteiger partial charge in [-0.05, 0) is 18.2 Å². The van der Waals surface area contributed by atoms with Crippen molar-refractivity contribution in [1.82, 2.24) is 20.2 Å². The predicted molar refractivity (Wildman–Crippen MR) is 77.1 cm³/mol. The Labute approximate surface area is 122 Å². The zero-order valence-electron chi connectivity index (χ0n) is 11.0. The van der Waals surface area contributed by atoms with Crippen LogP contribution in [0.25, 0.3) is 11.3 Å². The van der Waals surface area contributed by atoms with Crippen LogP contribution in [-0.4, -0.2) is 41.0 Å². The van der Waals surface area contributed by atoms with Gasteiger partial charge in [-0.15, -0.1) is 0 Å². The molecular weight excluding hydrogens is 279 g/mol. The average Bonchev–Trinajstić information content (AvgIpc) is 2.91. The minimum atomic E-state index is -0.407. The number of aromatic amines is 1. The van der Waals surface area contributed by atoms with Gasteiger partial charge < -0.3 is 10.3 Å². The minimum absolute atomic E-state index is 0.126. The first-order valence-electron chi connectivity index (χ1n) is 6.65. The number of benzene rings is 1. The van der Waals surface area contributed by atoms with Crippen molar-refractivity contribution < 1.29 is 4.39 Å². The molecule has 4 nitrogen and oxygen atoms in total. The lowest BCUT2D eigenvalue weighted by Gasteiger charge is -2.26. The standard InChI is InChI=1S/C14H16ClFN4/c15-11-7-10(1-2-12(11)16)13-8-18-14(19-13)9-20-5-3-17-4-6-20/h1-2,7-8,17H,3-6,9H2,(H,18,19). The third kappa shape index (κ3) is 3.00. The smallest absolute Gasteiger partial charge is 0.141 e. The monoisotopic (exact) mass is 294 g/mol. The lowest BCUT2D eigenvalue weighted by molar-refractivity contribution is 0.228. The topological polar surface area (TPSA) is 44.0 Å². The second-order valence-corrected chi connectivity index (χ2v) is 5.31. The van der Waals surface area contributed by atoms with E-state index < -0.39 is 5.82 Å². The van der Waals surface area contributed by atoms with Crippen molar-refractivity contribution in [2.75, 3.05) is 26.2 Å². The SMILES string of the molecule is Fc1ccc(-c2cnc(CN3CCNCC3)[nH]2)cc1Cl. The molecule has 0 atom stereocenters. The Morgan fingerprint density at radius 1 is 1.30 bits per heavy atom. The molecule has 2 N–H and O–H groups in total. The van der Waals surface area contributed by atoms with E-state index in [1.54, 1.807) is 18.3 Å². The van der Waals surface area contributed by atoms with E-state index in [1.165, 1.54) is 6.07 Å². The number of rotatable bonds is 3. The molecule has 0 radical (unpaired) electrons. The molecule has 1 aliphatic rings. The molecule has 1 aliphatic heterocycles. The second kappa shape index (κ2) is 5.91. The van der Waals surface area contributed by atoms with Crippen molar-refractivity contribution >= 4 is 11.6 Å². The van der Waals surface area contributed by atoms with Crippen LogP contribution in [0.5, 0.6) is 0 Å². The van der Waals surface area contributed by atoms with Crippen molar-refractivity contribution in [3.63, 3.8) is 0 Å². The fourth-order valence-electron chi connectivity index (χ4n) is 2.33. The van der Waals surface area contributed by atoms with Crippen LogP contribution in [0.3, 0.4) is 0 Å². The molecule has 0 saturated carbocycles. The highest BCUT2D eigenvalue weighted by Gasteiger charge is 2.12. The van der Waals surface area contributed by atoms with Gasteiger partial charge in [-0.3, -0.25) is 4.90 Å². The summed E-state index contributed by atoms with van der Waals surface area (Å²) in [5, 5.41) is 3.45. The number of nitrogens with one attached hydrogen (secondary N) is 2. The Bertz CT molecular complexity index is 593. The van der Waals surface area contributed by atoms with Crippen LogP contribution < -0.4 is 5.32 Å². The molecule has 6 heteroatoms. The fraction of sp³-hybridized carbons (Fsp3) is 0.357. The Balaban J connectivity index is 1.73. The quantitative estimate of drug-likeness (QED) is 0.913. The van der Waals surface area contributed by atoms with Gasteiger partial charge >= 0.3 is 0 Å². The van der Waals surface area contributed by atoms with Crippen molar-refractivity contribution in [2.24, 2.45) is 0 Å². The normalized spacial score (nSPS) is 16.5. The predicted octanol–water partition coefficient (Wildman–Crippen LogP) is 2.27. The Hall–Kier alpha value is -1.43. The Kier molecular flexibility index (Phi) is 4.00. The molecule has 20 heavy (non-hydrogen) atoms. The van der Waals surface area contributed by atoms with E-state index in [2.05, 4.69) is 20.2 Å². The van der Waals surface area contributed by atoms with E-state index in [0.29, 0.717) is 0 Å². The van der Waals surface area contributed by atoms with Gasteiger partial charge in [-0.1, -0.05) is 11.6 Å². The first-order valence-corrected chi connectivity index (χ1v) is 7.02. The van der Waals surface area contributed by atoms with Crippen molar-refractivity contribution in [3.8, 4) is 11.3 Å². The van der Waals surface area contributed by atoms with E-state index in [0.717, 1.165) is 49.8 Å². The van der Waals surface area contributed by atoms with Crippen molar-refractivity contribution in [3.05, 3.63) is 41.1 Å². The van der Waals surface area contributed by atoms with Gasteiger partial charge in [0.05, 0.1) is 23.5 Å². The van der Waals surface area contributed by atoms with Crippen molar-refractivity contribution in [2.45, 2.75) is 6.54 Å². The summed E-state index contributed by atoms with van der Waals surface area (Å²) in [6, 6.07) is 4.68. The summed E-state index contributed by atoms with van der Waals surface area (Å²) in [6.07, 6.45) is 1.76. The maximum atomic E-state index is 13.2. The maximum Gasteiger partial charge on any atom is 0.141 e. The molecule has 0 unspecified atom stereocenters. The summed E-state index contributed by atoms with van der Waals surface area (Å²) in [6.45, 7) is 4.88. The van der Waals surface area contributed by atoms with Gasteiger partial charge in [0.25, 0.3) is 0 Å². The largest absolute Gasteiger partial charge is 0.341 e. The summed E-state index contributed by atoms with van der Waals surface area (Å²) >= 11 is 5.80. The van der Waals surface area contributed by atoms with Gasteiger partial charge in [0.15, 0.2) is 0 Å². The molecule has 1 aromatic heterocycles. The van der Waals surface area contributed by atoms with Gasteiger partial charge in [-0.2, -0.15) is 0 Å². The van der Waals surface area contributed by atoms with E-state index >= 15 is 0 Å². The molecule has 2 heterocycles. The fourth-order valence-corrected chi connectivity index (χ4v) is 2.51. The van der Waals surface area contributed by atoms with Gasteiger partial charge in [-0.25, -0.2) is 9.37 Å². The number of halogens is 2. The molecule has 0 aliphatic carbocycles. The molecule has 3 rings (SSSR count). The first-order chi connectivity index (χ1) is 9.72. The second-order valence-electron chi connectivity index (χ2n) is 4.90. The number of hydrogen-bond donors (Lipinski definition) is 2. The third-order valence-electron chi connectivity index (χ3n) is 3.44. The lowest BCUT2D eigenvalue weighted by Crippen LogP contribution is -2.43.